The zero-order valence-electron chi connectivity index (χ0n) is 10.5. The Labute approximate surface area is 102 Å². The molecule has 0 spiro atoms. The minimum absolute atomic E-state index is 0.163. The van der Waals surface area contributed by atoms with Crippen LogP contribution in [0, 0.1) is 6.07 Å². The molecule has 1 aromatic carbocycles. The molecule has 0 saturated heterocycles. The van der Waals surface area contributed by atoms with Gasteiger partial charge in [-0.2, -0.15) is 0 Å². The van der Waals surface area contributed by atoms with Gasteiger partial charge in [0.2, 0.25) is 0 Å². The van der Waals surface area contributed by atoms with Crippen LogP contribution in [0.3, 0.4) is 0 Å². The number of rotatable bonds is 0. The van der Waals surface area contributed by atoms with Crippen molar-refractivity contribution in [3.8, 4) is 0 Å². The smallest absolute Gasteiger partial charge is 0.0250 e. The number of hydrogen-bond acceptors (Lipinski definition) is 0. The SMILES string of the molecule is CC(C)(C)c1c[c]cc(C(C)(C)C)c1Br. The fourth-order valence-corrected chi connectivity index (χ4v) is 2.99. The molecule has 1 heteroatoms. The average Bonchev–Trinajstić information content (AvgIpc) is 1.99. The molecular weight excluding hydrogens is 248 g/mol. The predicted molar refractivity (Wildman–Crippen MR) is 70.4 cm³/mol. The molecule has 0 aliphatic carbocycles. The molecule has 0 atom stereocenters. The Kier molecular flexibility index (Phi) is 3.35. The van der Waals surface area contributed by atoms with Crippen LogP contribution < -0.4 is 0 Å². The van der Waals surface area contributed by atoms with Crippen molar-refractivity contribution in [2.24, 2.45) is 0 Å². The molecule has 0 bridgehead atoms. The van der Waals surface area contributed by atoms with Crippen LogP contribution >= 0.6 is 15.9 Å². The van der Waals surface area contributed by atoms with Gasteiger partial charge in [0.15, 0.2) is 0 Å². The van der Waals surface area contributed by atoms with E-state index in [0.717, 1.165) is 0 Å². The third-order valence-electron chi connectivity index (χ3n) is 2.54. The van der Waals surface area contributed by atoms with E-state index in [2.05, 4.69) is 75.7 Å². The molecule has 15 heavy (non-hydrogen) atoms. The molecule has 0 aliphatic rings. The molecule has 1 radical (unpaired) electrons. The van der Waals surface area contributed by atoms with Gasteiger partial charge in [0.1, 0.15) is 0 Å². The summed E-state index contributed by atoms with van der Waals surface area (Å²) in [5.41, 5.74) is 2.98. The van der Waals surface area contributed by atoms with Crippen LogP contribution in [-0.2, 0) is 10.8 Å². The van der Waals surface area contributed by atoms with E-state index in [-0.39, 0.29) is 10.8 Å². The lowest BCUT2D eigenvalue weighted by atomic mass is 9.81. The molecular formula is C14H20Br. The molecule has 0 amide bonds. The van der Waals surface area contributed by atoms with E-state index in [1.54, 1.807) is 0 Å². The maximum atomic E-state index is 3.73. The minimum atomic E-state index is 0.163. The summed E-state index contributed by atoms with van der Waals surface area (Å²) in [5.74, 6) is 0. The second-order valence-electron chi connectivity index (χ2n) is 6.10. The quantitative estimate of drug-likeness (QED) is 0.631. The van der Waals surface area contributed by atoms with Gasteiger partial charge in [0.05, 0.1) is 0 Å². The molecule has 1 rings (SSSR count). The van der Waals surface area contributed by atoms with E-state index in [0.29, 0.717) is 0 Å². The Hall–Kier alpha value is -0.300. The van der Waals surface area contributed by atoms with E-state index in [9.17, 15) is 0 Å². The van der Waals surface area contributed by atoms with Crippen molar-refractivity contribution >= 4 is 15.9 Å². The van der Waals surface area contributed by atoms with Crippen molar-refractivity contribution in [2.45, 2.75) is 52.4 Å². The maximum absolute atomic E-state index is 3.73. The number of halogens is 1. The summed E-state index contributed by atoms with van der Waals surface area (Å²) < 4.78 is 1.24. The first-order valence-electron chi connectivity index (χ1n) is 5.34. The van der Waals surface area contributed by atoms with Crippen molar-refractivity contribution in [1.29, 1.82) is 0 Å². The van der Waals surface area contributed by atoms with Crippen LogP contribution in [0.15, 0.2) is 16.6 Å². The Morgan fingerprint density at radius 2 is 1.20 bits per heavy atom. The lowest BCUT2D eigenvalue weighted by Crippen LogP contribution is -2.17. The summed E-state index contributed by atoms with van der Waals surface area (Å²) in [6.45, 7) is 13.4. The summed E-state index contributed by atoms with van der Waals surface area (Å²) in [6.07, 6.45) is 0. The fourth-order valence-electron chi connectivity index (χ4n) is 1.57. The van der Waals surface area contributed by atoms with Crippen LogP contribution in [0.5, 0.6) is 0 Å². The Morgan fingerprint density at radius 1 is 0.867 bits per heavy atom. The topological polar surface area (TPSA) is 0 Å². The zero-order chi connectivity index (χ0) is 11.9. The van der Waals surface area contributed by atoms with Gasteiger partial charge in [0, 0.05) is 4.47 Å². The van der Waals surface area contributed by atoms with E-state index < -0.39 is 0 Å². The van der Waals surface area contributed by atoms with Crippen LogP contribution in [-0.4, -0.2) is 0 Å². The molecule has 0 unspecified atom stereocenters. The number of hydrogen-bond donors (Lipinski definition) is 0. The highest BCUT2D eigenvalue weighted by Crippen LogP contribution is 2.36. The first kappa shape index (κ1) is 12.8. The molecule has 0 nitrogen and oxygen atoms in total. The maximum Gasteiger partial charge on any atom is 0.0250 e. The second kappa shape index (κ2) is 3.93. The molecule has 0 aliphatic heterocycles. The third-order valence-corrected chi connectivity index (χ3v) is 3.40. The minimum Gasteiger partial charge on any atom is -0.0560 e. The van der Waals surface area contributed by atoms with Crippen molar-refractivity contribution in [2.75, 3.05) is 0 Å². The van der Waals surface area contributed by atoms with Crippen molar-refractivity contribution in [1.82, 2.24) is 0 Å². The zero-order valence-corrected chi connectivity index (χ0v) is 12.1. The van der Waals surface area contributed by atoms with E-state index >= 15 is 0 Å². The fraction of sp³-hybridized carbons (Fsp3) is 0.571. The van der Waals surface area contributed by atoms with Crippen molar-refractivity contribution in [3.63, 3.8) is 0 Å². The van der Waals surface area contributed by atoms with Crippen molar-refractivity contribution < 1.29 is 0 Å². The highest BCUT2D eigenvalue weighted by molar-refractivity contribution is 9.10. The van der Waals surface area contributed by atoms with Gasteiger partial charge in [-0.15, -0.1) is 0 Å². The summed E-state index contributed by atoms with van der Waals surface area (Å²) in [6, 6.07) is 7.42. The van der Waals surface area contributed by atoms with E-state index in [1.807, 2.05) is 0 Å². The summed E-state index contributed by atoms with van der Waals surface area (Å²) >= 11 is 3.73. The Bertz CT molecular complexity index is 318. The standard InChI is InChI=1S/C14H20Br/c1-13(2,3)10-8-7-9-11(12(10)15)14(4,5)6/h8-9H,1-6H3. The van der Waals surface area contributed by atoms with Crippen LogP contribution in [0.4, 0.5) is 0 Å². The van der Waals surface area contributed by atoms with Crippen LogP contribution in [0.25, 0.3) is 0 Å². The van der Waals surface area contributed by atoms with Gasteiger partial charge in [-0.25, -0.2) is 0 Å². The van der Waals surface area contributed by atoms with Gasteiger partial charge in [-0.3, -0.25) is 0 Å². The molecule has 0 fully saturated rings. The third kappa shape index (κ3) is 2.84. The Balaban J connectivity index is 3.37. The first-order valence-corrected chi connectivity index (χ1v) is 6.14. The molecule has 0 aromatic heterocycles. The van der Waals surface area contributed by atoms with Gasteiger partial charge in [-0.1, -0.05) is 57.5 Å². The molecule has 0 N–H and O–H groups in total. The van der Waals surface area contributed by atoms with E-state index in [4.69, 9.17) is 0 Å². The second-order valence-corrected chi connectivity index (χ2v) is 6.89. The molecule has 0 heterocycles. The molecule has 1 aromatic rings. The average molecular weight is 268 g/mol. The lowest BCUT2D eigenvalue weighted by Gasteiger charge is -2.27. The highest BCUT2D eigenvalue weighted by atomic mass is 79.9. The monoisotopic (exact) mass is 267 g/mol. The predicted octanol–water partition coefficient (Wildman–Crippen LogP) is 4.84. The summed E-state index contributed by atoms with van der Waals surface area (Å²) in [7, 11) is 0. The van der Waals surface area contributed by atoms with E-state index in [1.165, 1.54) is 15.6 Å². The lowest BCUT2D eigenvalue weighted by molar-refractivity contribution is 0.562. The van der Waals surface area contributed by atoms with Gasteiger partial charge in [0.25, 0.3) is 0 Å². The van der Waals surface area contributed by atoms with Gasteiger partial charge < -0.3 is 0 Å². The normalized spacial score (nSPS) is 13.0. The summed E-state index contributed by atoms with van der Waals surface area (Å²) in [4.78, 5) is 0. The van der Waals surface area contributed by atoms with Crippen LogP contribution in [0.1, 0.15) is 52.7 Å². The highest BCUT2D eigenvalue weighted by Gasteiger charge is 2.23. The van der Waals surface area contributed by atoms with Crippen molar-refractivity contribution in [3.05, 3.63) is 33.8 Å². The molecule has 83 valence electrons. The number of benzene rings is 1. The summed E-state index contributed by atoms with van der Waals surface area (Å²) in [5, 5.41) is 0. The van der Waals surface area contributed by atoms with Gasteiger partial charge >= 0.3 is 0 Å². The van der Waals surface area contributed by atoms with Crippen LogP contribution in [0.2, 0.25) is 0 Å². The Morgan fingerprint density at radius 3 is 1.47 bits per heavy atom. The largest absolute Gasteiger partial charge is 0.0560 e. The molecule has 0 saturated carbocycles. The van der Waals surface area contributed by atoms with Gasteiger partial charge in [-0.05, 0) is 40.2 Å². The first-order chi connectivity index (χ1) is 6.64.